The molecule has 1 aliphatic rings. The van der Waals surface area contributed by atoms with Gasteiger partial charge in [0.15, 0.2) is 0 Å². The van der Waals surface area contributed by atoms with Crippen molar-refractivity contribution in [3.8, 4) is 5.88 Å². The maximum absolute atomic E-state index is 5.56. The zero-order valence-corrected chi connectivity index (χ0v) is 9.57. The van der Waals surface area contributed by atoms with Crippen molar-refractivity contribution in [1.29, 1.82) is 0 Å². The molecule has 1 fully saturated rings. The molecule has 0 radical (unpaired) electrons. The van der Waals surface area contributed by atoms with Crippen LogP contribution in [0.3, 0.4) is 0 Å². The molecule has 0 aliphatic heterocycles. The fourth-order valence-electron chi connectivity index (χ4n) is 1.44. The molecule has 1 heterocycles. The van der Waals surface area contributed by atoms with Crippen molar-refractivity contribution < 1.29 is 4.74 Å². The van der Waals surface area contributed by atoms with Gasteiger partial charge in [-0.1, -0.05) is 13.3 Å². The Bertz CT molecular complexity index is 352. The standard InChI is InChI=1S/C11H18N4O/c1-2-3-6-16-10-7-9(15-12)13-11(14-10)8-4-5-8/h7-8H,2-6,12H2,1H3,(H,13,14,15). The lowest BCUT2D eigenvalue weighted by atomic mass is 10.3. The van der Waals surface area contributed by atoms with Crippen LogP contribution in [0.25, 0.3) is 0 Å². The minimum absolute atomic E-state index is 0.502. The molecule has 0 spiro atoms. The number of nitrogens with two attached hydrogens (primary N) is 1. The van der Waals surface area contributed by atoms with E-state index in [2.05, 4.69) is 22.3 Å². The van der Waals surface area contributed by atoms with Gasteiger partial charge >= 0.3 is 0 Å². The van der Waals surface area contributed by atoms with Crippen molar-refractivity contribution in [2.24, 2.45) is 5.84 Å². The van der Waals surface area contributed by atoms with Crippen LogP contribution in [0, 0.1) is 0 Å². The molecule has 0 saturated heterocycles. The van der Waals surface area contributed by atoms with E-state index in [9.17, 15) is 0 Å². The lowest BCUT2D eigenvalue weighted by Crippen LogP contribution is -2.11. The van der Waals surface area contributed by atoms with Gasteiger partial charge in [0.2, 0.25) is 5.88 Å². The third kappa shape index (κ3) is 2.82. The first-order valence-electron chi connectivity index (χ1n) is 5.82. The second kappa shape index (κ2) is 5.12. The van der Waals surface area contributed by atoms with E-state index in [1.54, 1.807) is 6.07 Å². The van der Waals surface area contributed by atoms with Crippen LogP contribution in [0.15, 0.2) is 6.07 Å². The minimum Gasteiger partial charge on any atom is -0.478 e. The monoisotopic (exact) mass is 222 g/mol. The Balaban J connectivity index is 2.06. The van der Waals surface area contributed by atoms with Crippen LogP contribution in [-0.2, 0) is 0 Å². The van der Waals surface area contributed by atoms with Gasteiger partial charge < -0.3 is 10.2 Å². The molecule has 5 heteroatoms. The first-order valence-corrected chi connectivity index (χ1v) is 5.82. The molecule has 1 aliphatic carbocycles. The van der Waals surface area contributed by atoms with Gasteiger partial charge in [0.1, 0.15) is 11.6 Å². The fourth-order valence-corrected chi connectivity index (χ4v) is 1.44. The molecular weight excluding hydrogens is 204 g/mol. The average Bonchev–Trinajstić information content (AvgIpc) is 3.13. The van der Waals surface area contributed by atoms with Gasteiger partial charge in [-0.2, -0.15) is 4.98 Å². The highest BCUT2D eigenvalue weighted by Gasteiger charge is 2.27. The molecule has 0 amide bonds. The third-order valence-electron chi connectivity index (χ3n) is 2.56. The number of hydrogen-bond acceptors (Lipinski definition) is 5. The van der Waals surface area contributed by atoms with Crippen LogP contribution in [0.4, 0.5) is 5.82 Å². The van der Waals surface area contributed by atoms with E-state index in [4.69, 9.17) is 10.6 Å². The van der Waals surface area contributed by atoms with Crippen LogP contribution >= 0.6 is 0 Å². The summed E-state index contributed by atoms with van der Waals surface area (Å²) in [6.45, 7) is 2.83. The predicted octanol–water partition coefficient (Wildman–Crippen LogP) is 1.82. The van der Waals surface area contributed by atoms with Gasteiger partial charge in [0, 0.05) is 12.0 Å². The molecule has 5 nitrogen and oxygen atoms in total. The topological polar surface area (TPSA) is 73.1 Å². The smallest absolute Gasteiger partial charge is 0.218 e. The van der Waals surface area contributed by atoms with Crippen LogP contribution in [-0.4, -0.2) is 16.6 Å². The maximum atomic E-state index is 5.56. The Morgan fingerprint density at radius 3 is 2.94 bits per heavy atom. The van der Waals surface area contributed by atoms with E-state index in [0.29, 0.717) is 24.2 Å². The molecule has 1 aromatic heterocycles. The number of hydrogen-bond donors (Lipinski definition) is 2. The highest BCUT2D eigenvalue weighted by atomic mass is 16.5. The van der Waals surface area contributed by atoms with Crippen molar-refractivity contribution in [1.82, 2.24) is 9.97 Å². The van der Waals surface area contributed by atoms with Crippen molar-refractivity contribution in [2.45, 2.75) is 38.5 Å². The number of anilines is 1. The minimum atomic E-state index is 0.502. The average molecular weight is 222 g/mol. The highest BCUT2D eigenvalue weighted by Crippen LogP contribution is 2.38. The molecule has 2 rings (SSSR count). The maximum Gasteiger partial charge on any atom is 0.218 e. The number of hydrazine groups is 1. The van der Waals surface area contributed by atoms with E-state index < -0.39 is 0 Å². The Labute approximate surface area is 95.4 Å². The summed E-state index contributed by atoms with van der Waals surface area (Å²) in [6.07, 6.45) is 4.49. The predicted molar refractivity (Wildman–Crippen MR) is 62.2 cm³/mol. The first kappa shape index (κ1) is 11.1. The Hall–Kier alpha value is -1.36. The largest absolute Gasteiger partial charge is 0.478 e. The summed E-state index contributed by atoms with van der Waals surface area (Å²) >= 11 is 0. The van der Waals surface area contributed by atoms with E-state index in [1.165, 1.54) is 12.8 Å². The molecule has 0 bridgehead atoms. The van der Waals surface area contributed by atoms with Gasteiger partial charge in [0.05, 0.1) is 6.61 Å². The molecule has 1 saturated carbocycles. The number of nitrogen functional groups attached to an aromatic ring is 1. The van der Waals surface area contributed by atoms with Gasteiger partial charge in [-0.3, -0.25) is 0 Å². The van der Waals surface area contributed by atoms with Crippen molar-refractivity contribution in [3.63, 3.8) is 0 Å². The zero-order valence-electron chi connectivity index (χ0n) is 9.57. The molecule has 1 aromatic rings. The summed E-state index contributed by atoms with van der Waals surface area (Å²) in [7, 11) is 0. The molecular formula is C11H18N4O. The second-order valence-corrected chi connectivity index (χ2v) is 4.07. The molecule has 0 atom stereocenters. The van der Waals surface area contributed by atoms with Gasteiger partial charge in [0.25, 0.3) is 0 Å². The van der Waals surface area contributed by atoms with E-state index in [-0.39, 0.29) is 0 Å². The van der Waals surface area contributed by atoms with E-state index in [1.807, 2.05) is 0 Å². The van der Waals surface area contributed by atoms with Gasteiger partial charge in [-0.05, 0) is 19.3 Å². The number of nitrogens with zero attached hydrogens (tertiary/aromatic N) is 2. The zero-order chi connectivity index (χ0) is 11.4. The molecule has 3 N–H and O–H groups in total. The number of rotatable bonds is 6. The second-order valence-electron chi connectivity index (χ2n) is 4.07. The lowest BCUT2D eigenvalue weighted by molar-refractivity contribution is 0.296. The number of ether oxygens (including phenoxy) is 1. The van der Waals surface area contributed by atoms with Crippen LogP contribution in [0.5, 0.6) is 5.88 Å². The van der Waals surface area contributed by atoms with Crippen molar-refractivity contribution >= 4 is 5.82 Å². The summed E-state index contributed by atoms with van der Waals surface area (Å²) in [5, 5.41) is 0. The third-order valence-corrected chi connectivity index (χ3v) is 2.56. The van der Waals surface area contributed by atoms with Crippen LogP contribution < -0.4 is 16.0 Å². The lowest BCUT2D eigenvalue weighted by Gasteiger charge is -2.08. The van der Waals surface area contributed by atoms with E-state index >= 15 is 0 Å². The van der Waals surface area contributed by atoms with Crippen molar-refractivity contribution in [2.75, 3.05) is 12.0 Å². The number of nitrogens with one attached hydrogen (secondary N) is 1. The number of aromatic nitrogens is 2. The fraction of sp³-hybridized carbons (Fsp3) is 0.636. The summed E-state index contributed by atoms with van der Waals surface area (Å²) in [4.78, 5) is 8.70. The molecule has 88 valence electrons. The van der Waals surface area contributed by atoms with E-state index in [0.717, 1.165) is 18.7 Å². The molecule has 0 unspecified atom stereocenters. The Morgan fingerprint density at radius 1 is 1.50 bits per heavy atom. The first-order chi connectivity index (χ1) is 7.83. The summed E-state index contributed by atoms with van der Waals surface area (Å²) in [5.41, 5.74) is 2.55. The summed E-state index contributed by atoms with van der Waals surface area (Å²) in [6, 6.07) is 1.74. The van der Waals surface area contributed by atoms with Crippen molar-refractivity contribution in [3.05, 3.63) is 11.9 Å². The molecule has 0 aromatic carbocycles. The van der Waals surface area contributed by atoms with Gasteiger partial charge in [-0.25, -0.2) is 10.8 Å². The highest BCUT2D eigenvalue weighted by molar-refractivity contribution is 5.38. The normalized spacial score (nSPS) is 14.9. The Kier molecular flexibility index (Phi) is 3.56. The SMILES string of the molecule is CCCCOc1cc(NN)nc(C2CC2)n1. The summed E-state index contributed by atoms with van der Waals surface area (Å²) < 4.78 is 5.56. The Morgan fingerprint density at radius 2 is 2.31 bits per heavy atom. The van der Waals surface area contributed by atoms with Crippen LogP contribution in [0.2, 0.25) is 0 Å². The summed E-state index contributed by atoms with van der Waals surface area (Å²) in [5.74, 6) is 7.97. The quantitative estimate of drug-likeness (QED) is 0.436. The van der Waals surface area contributed by atoms with Gasteiger partial charge in [-0.15, -0.1) is 0 Å². The molecule has 16 heavy (non-hydrogen) atoms. The van der Waals surface area contributed by atoms with Crippen LogP contribution in [0.1, 0.15) is 44.3 Å². The number of unbranched alkanes of at least 4 members (excludes halogenated alkanes) is 1.